The Morgan fingerprint density at radius 1 is 1.04 bits per heavy atom. The van der Waals surface area contributed by atoms with E-state index in [2.05, 4.69) is 5.32 Å². The number of benzene rings is 1. The summed E-state index contributed by atoms with van der Waals surface area (Å²) in [5.74, 6) is -2.07. The lowest BCUT2D eigenvalue weighted by Gasteiger charge is -2.36. The van der Waals surface area contributed by atoms with Crippen molar-refractivity contribution in [2.24, 2.45) is 0 Å². The van der Waals surface area contributed by atoms with Crippen LogP contribution < -0.4 is 5.32 Å². The Morgan fingerprint density at radius 3 is 2.12 bits per heavy atom. The van der Waals surface area contributed by atoms with E-state index in [1.165, 1.54) is 0 Å². The maximum absolute atomic E-state index is 12.7. The van der Waals surface area contributed by atoms with Crippen molar-refractivity contribution in [2.75, 3.05) is 18.5 Å². The van der Waals surface area contributed by atoms with Crippen molar-refractivity contribution >= 4 is 17.6 Å². The average Bonchev–Trinajstić information content (AvgIpc) is 2.58. The number of carbonyl (C=O) groups excluding carboxylic acids is 2. The molecule has 1 aromatic carbocycles. The van der Waals surface area contributed by atoms with Crippen LogP contribution in [-0.4, -0.2) is 47.7 Å². The second kappa shape index (κ2) is 9.51. The molecule has 0 aliphatic rings. The Balaban J connectivity index is 3.34. The van der Waals surface area contributed by atoms with Gasteiger partial charge in [0.15, 0.2) is 0 Å². The Kier molecular flexibility index (Phi) is 8.01. The molecule has 1 aromatic rings. The lowest BCUT2D eigenvalue weighted by Crippen LogP contribution is -2.62. The predicted octanol–water partition coefficient (Wildman–Crippen LogP) is 2.03. The molecule has 0 radical (unpaired) electrons. The number of aliphatic hydroxyl groups excluding tert-OH is 1. The number of hydrogen-bond donors (Lipinski definition) is 2. The van der Waals surface area contributed by atoms with Gasteiger partial charge < -0.3 is 19.9 Å². The van der Waals surface area contributed by atoms with Gasteiger partial charge in [-0.15, -0.1) is 0 Å². The van der Waals surface area contributed by atoms with E-state index >= 15 is 0 Å². The Hall–Kier alpha value is -2.16. The molecule has 0 aromatic heterocycles. The predicted molar refractivity (Wildman–Crippen MR) is 94.0 cm³/mol. The first kappa shape index (κ1) is 21.9. The fraction of sp³-hybridized carbons (Fsp3) is 0.556. The molecular weight excluding hydrogens is 342 g/mol. The topological polar surface area (TPSA) is 103 Å². The molecule has 0 aliphatic heterocycles. The monoisotopic (exact) mass is 369 g/mol. The molecule has 2 atom stereocenters. The molecule has 2 N–H and O–H groups in total. The summed E-state index contributed by atoms with van der Waals surface area (Å²) in [4.78, 5) is 35.4. The van der Waals surface area contributed by atoms with Gasteiger partial charge in [-0.05, 0) is 46.8 Å². The number of nitrogens with one attached hydrogen (secondary N) is 1. The van der Waals surface area contributed by atoms with Crippen LogP contribution in [-0.2, 0) is 28.8 Å². The van der Waals surface area contributed by atoms with Gasteiger partial charge in [0.25, 0.3) is 0 Å². The highest BCUT2D eigenvalue weighted by Crippen LogP contribution is 2.26. The summed E-state index contributed by atoms with van der Waals surface area (Å²) in [6.45, 7) is 8.23. The van der Waals surface area contributed by atoms with Crippen LogP contribution in [0.1, 0.15) is 34.6 Å². The van der Waals surface area contributed by atoms with Crippen molar-refractivity contribution in [2.45, 2.75) is 52.0 Å². The molecule has 0 fully saturated rings. The van der Waals surface area contributed by atoms with E-state index in [4.69, 9.17) is 19.2 Å². The summed E-state index contributed by atoms with van der Waals surface area (Å²) >= 11 is 0. The largest absolute Gasteiger partial charge is 0.464 e. The van der Waals surface area contributed by atoms with Crippen LogP contribution >= 0.6 is 0 Å². The Bertz CT molecular complexity index is 585. The van der Waals surface area contributed by atoms with E-state index in [0.29, 0.717) is 5.69 Å². The van der Waals surface area contributed by atoms with E-state index in [9.17, 15) is 14.7 Å². The van der Waals surface area contributed by atoms with Gasteiger partial charge in [0.05, 0.1) is 18.8 Å². The number of para-hydroxylation sites is 1. The van der Waals surface area contributed by atoms with Gasteiger partial charge in [-0.2, -0.15) is 4.89 Å². The van der Waals surface area contributed by atoms with Crippen molar-refractivity contribution in [1.29, 1.82) is 0 Å². The van der Waals surface area contributed by atoms with Gasteiger partial charge in [0.2, 0.25) is 6.10 Å². The zero-order chi connectivity index (χ0) is 19.8. The summed E-state index contributed by atoms with van der Waals surface area (Å²) < 4.78 is 9.86. The van der Waals surface area contributed by atoms with Crippen LogP contribution in [0.5, 0.6) is 0 Å². The molecular formula is C18H27NO7. The van der Waals surface area contributed by atoms with E-state index < -0.39 is 29.4 Å². The van der Waals surface area contributed by atoms with Crippen LogP contribution in [0.15, 0.2) is 30.3 Å². The normalized spacial score (nSPS) is 14.8. The summed E-state index contributed by atoms with van der Waals surface area (Å²) in [5, 5.41) is 13.3. The molecule has 0 saturated heterocycles. The average molecular weight is 369 g/mol. The van der Waals surface area contributed by atoms with Crippen molar-refractivity contribution in [3.63, 3.8) is 0 Å². The number of esters is 2. The van der Waals surface area contributed by atoms with E-state index in [-0.39, 0.29) is 13.2 Å². The molecule has 0 heterocycles. The molecule has 8 heteroatoms. The zero-order valence-electron chi connectivity index (χ0n) is 15.8. The van der Waals surface area contributed by atoms with Crippen LogP contribution in [0.3, 0.4) is 0 Å². The number of aliphatic hydroxyl groups is 1. The number of hydrogen-bond acceptors (Lipinski definition) is 8. The molecule has 1 rings (SSSR count). The zero-order valence-corrected chi connectivity index (χ0v) is 15.8. The second-order valence-electron chi connectivity index (χ2n) is 6.38. The fourth-order valence-electron chi connectivity index (χ4n) is 1.88. The number of anilines is 1. The minimum atomic E-state index is -2.35. The molecule has 146 valence electrons. The van der Waals surface area contributed by atoms with Crippen LogP contribution in [0.2, 0.25) is 0 Å². The second-order valence-corrected chi connectivity index (χ2v) is 6.38. The van der Waals surface area contributed by atoms with E-state index in [0.717, 1.165) is 0 Å². The smallest absolute Gasteiger partial charge is 0.366 e. The maximum atomic E-state index is 12.7. The summed E-state index contributed by atoms with van der Waals surface area (Å²) in [7, 11) is 0. The van der Waals surface area contributed by atoms with Crippen molar-refractivity contribution in [3.8, 4) is 0 Å². The lowest BCUT2D eigenvalue weighted by atomic mass is 10.1. The van der Waals surface area contributed by atoms with Crippen molar-refractivity contribution in [3.05, 3.63) is 30.3 Å². The molecule has 0 saturated carbocycles. The standard InChI is InChI=1S/C18H27NO7/c1-6-23-15(21)14(20)18(16(22)24-7-2,26-25-17(3,4)5)19-13-11-9-8-10-12-13/h8-12,14,19-20H,6-7H2,1-5H3. The number of ether oxygens (including phenoxy) is 2. The molecule has 26 heavy (non-hydrogen) atoms. The highest BCUT2D eigenvalue weighted by atomic mass is 17.2. The lowest BCUT2D eigenvalue weighted by molar-refractivity contribution is -0.401. The third-order valence-corrected chi connectivity index (χ3v) is 3.00. The van der Waals surface area contributed by atoms with Crippen LogP contribution in [0.4, 0.5) is 5.69 Å². The Morgan fingerprint density at radius 2 is 1.62 bits per heavy atom. The van der Waals surface area contributed by atoms with E-state index in [1.807, 2.05) is 0 Å². The minimum absolute atomic E-state index is 0.00543. The van der Waals surface area contributed by atoms with Gasteiger partial charge >= 0.3 is 17.7 Å². The highest BCUT2D eigenvalue weighted by molar-refractivity contribution is 5.91. The third-order valence-electron chi connectivity index (χ3n) is 3.00. The first-order valence-corrected chi connectivity index (χ1v) is 8.38. The first-order valence-electron chi connectivity index (χ1n) is 8.38. The Labute approximate surface area is 153 Å². The van der Waals surface area contributed by atoms with E-state index in [1.54, 1.807) is 65.0 Å². The first-order chi connectivity index (χ1) is 12.2. The SMILES string of the molecule is CCOC(=O)C(O)C(Nc1ccccc1)(OOC(C)(C)C)C(=O)OCC. The van der Waals surface area contributed by atoms with Crippen LogP contribution in [0, 0.1) is 0 Å². The molecule has 0 aliphatic carbocycles. The van der Waals surface area contributed by atoms with Crippen LogP contribution in [0.25, 0.3) is 0 Å². The summed E-state index contributed by atoms with van der Waals surface area (Å²) in [6.07, 6.45) is -2.04. The highest BCUT2D eigenvalue weighted by Gasteiger charge is 2.55. The molecule has 0 spiro atoms. The number of carbonyl (C=O) groups is 2. The molecule has 2 unspecified atom stereocenters. The van der Waals surface area contributed by atoms with Gasteiger partial charge in [-0.3, -0.25) is 0 Å². The molecule has 0 amide bonds. The van der Waals surface area contributed by atoms with Crippen molar-refractivity contribution < 1.29 is 33.9 Å². The van der Waals surface area contributed by atoms with Gasteiger partial charge in [0, 0.05) is 5.69 Å². The third kappa shape index (κ3) is 5.98. The maximum Gasteiger partial charge on any atom is 0.366 e. The molecule has 8 nitrogen and oxygen atoms in total. The summed E-state index contributed by atoms with van der Waals surface area (Å²) in [5.41, 5.74) is -2.78. The van der Waals surface area contributed by atoms with Gasteiger partial charge in [0.1, 0.15) is 0 Å². The molecule has 0 bridgehead atoms. The minimum Gasteiger partial charge on any atom is -0.464 e. The van der Waals surface area contributed by atoms with Gasteiger partial charge in [-0.25, -0.2) is 14.5 Å². The number of rotatable bonds is 9. The fourth-order valence-corrected chi connectivity index (χ4v) is 1.88. The summed E-state index contributed by atoms with van der Waals surface area (Å²) in [6, 6.07) is 8.45. The quantitative estimate of drug-likeness (QED) is 0.295. The van der Waals surface area contributed by atoms with Crippen molar-refractivity contribution in [1.82, 2.24) is 0 Å². The van der Waals surface area contributed by atoms with Gasteiger partial charge in [-0.1, -0.05) is 18.2 Å².